The minimum absolute atomic E-state index is 0.00658. The number of carbonyl (C=O) groups is 1. The number of pyridine rings is 1. The largest absolute Gasteiger partial charge is 0.473 e. The van der Waals surface area contributed by atoms with Crippen molar-refractivity contribution < 1.29 is 9.53 Å². The highest BCUT2D eigenvalue weighted by molar-refractivity contribution is 5.94. The van der Waals surface area contributed by atoms with E-state index < -0.39 is 0 Å². The molecule has 0 spiro atoms. The number of anilines is 1. The van der Waals surface area contributed by atoms with Crippen LogP contribution in [0.15, 0.2) is 18.3 Å². The van der Waals surface area contributed by atoms with Gasteiger partial charge in [0.05, 0.1) is 12.0 Å². The van der Waals surface area contributed by atoms with Crippen LogP contribution in [0.1, 0.15) is 20.8 Å². The Hall–Kier alpha value is -1.62. The smallest absolute Gasteiger partial charge is 0.238 e. The molecule has 2 rings (SSSR count). The molecule has 1 aromatic heterocycles. The van der Waals surface area contributed by atoms with Gasteiger partial charge in [-0.3, -0.25) is 4.79 Å². The fourth-order valence-electron chi connectivity index (χ4n) is 2.19. The fourth-order valence-corrected chi connectivity index (χ4v) is 2.19. The first-order valence-corrected chi connectivity index (χ1v) is 6.71. The minimum Gasteiger partial charge on any atom is -0.473 e. The van der Waals surface area contributed by atoms with Crippen LogP contribution in [0.2, 0.25) is 0 Å². The van der Waals surface area contributed by atoms with Gasteiger partial charge in [0.2, 0.25) is 11.8 Å². The second-order valence-corrected chi connectivity index (χ2v) is 5.25. The Morgan fingerprint density at radius 2 is 2.32 bits per heavy atom. The molecule has 1 aromatic rings. The Kier molecular flexibility index (Phi) is 4.37. The van der Waals surface area contributed by atoms with Gasteiger partial charge in [-0.2, -0.15) is 0 Å². The van der Waals surface area contributed by atoms with E-state index in [1.807, 2.05) is 19.9 Å². The number of ether oxygens (including phenoxy) is 1. The predicted octanol–water partition coefficient (Wildman–Crippen LogP) is 1.66. The zero-order chi connectivity index (χ0) is 13.8. The Labute approximate surface area is 113 Å². The molecule has 5 nitrogen and oxygen atoms in total. The number of hydrogen-bond acceptors (Lipinski definition) is 4. The summed E-state index contributed by atoms with van der Waals surface area (Å²) in [5.41, 5.74) is 0.639. The van der Waals surface area contributed by atoms with Gasteiger partial charge in [0, 0.05) is 12.7 Å². The summed E-state index contributed by atoms with van der Waals surface area (Å²) in [6.45, 7) is 7.57. The Morgan fingerprint density at radius 3 is 2.95 bits per heavy atom. The van der Waals surface area contributed by atoms with E-state index in [-0.39, 0.29) is 17.9 Å². The maximum absolute atomic E-state index is 12.2. The van der Waals surface area contributed by atoms with Gasteiger partial charge in [-0.1, -0.05) is 6.92 Å². The van der Waals surface area contributed by atoms with Crippen molar-refractivity contribution in [3.05, 3.63) is 18.3 Å². The molecule has 2 unspecified atom stereocenters. The summed E-state index contributed by atoms with van der Waals surface area (Å²) < 4.78 is 5.59. The Balaban J connectivity index is 2.08. The van der Waals surface area contributed by atoms with Crippen LogP contribution in [0, 0.1) is 11.8 Å². The monoisotopic (exact) mass is 263 g/mol. The summed E-state index contributed by atoms with van der Waals surface area (Å²) in [6, 6.07) is 3.61. The van der Waals surface area contributed by atoms with Gasteiger partial charge in [0.1, 0.15) is 5.69 Å². The number of amides is 1. The van der Waals surface area contributed by atoms with Crippen molar-refractivity contribution in [2.75, 3.05) is 18.4 Å². The molecule has 1 fully saturated rings. The van der Waals surface area contributed by atoms with E-state index in [1.165, 1.54) is 0 Å². The number of hydrogen-bond donors (Lipinski definition) is 2. The summed E-state index contributed by atoms with van der Waals surface area (Å²) in [6.07, 6.45) is 1.69. The molecule has 0 radical (unpaired) electrons. The SMILES string of the molecule is CC(C)Oc1ncccc1NC(=O)C1CNCC1C. The third-order valence-electron chi connectivity index (χ3n) is 3.23. The van der Waals surface area contributed by atoms with Crippen LogP contribution in [0.3, 0.4) is 0 Å². The van der Waals surface area contributed by atoms with Gasteiger partial charge < -0.3 is 15.4 Å². The van der Waals surface area contributed by atoms with Crippen molar-refractivity contribution in [3.8, 4) is 5.88 Å². The predicted molar refractivity (Wildman–Crippen MR) is 74.2 cm³/mol. The van der Waals surface area contributed by atoms with Crippen LogP contribution in [0.4, 0.5) is 5.69 Å². The summed E-state index contributed by atoms with van der Waals surface area (Å²) in [5.74, 6) is 0.863. The average molecular weight is 263 g/mol. The zero-order valence-corrected chi connectivity index (χ0v) is 11.6. The molecule has 2 N–H and O–H groups in total. The zero-order valence-electron chi connectivity index (χ0n) is 11.6. The molecule has 0 bridgehead atoms. The molecule has 0 aromatic carbocycles. The van der Waals surface area contributed by atoms with Crippen molar-refractivity contribution in [2.45, 2.75) is 26.9 Å². The van der Waals surface area contributed by atoms with Crippen molar-refractivity contribution in [1.29, 1.82) is 0 Å². The molecular weight excluding hydrogens is 242 g/mol. The molecule has 1 aliphatic rings. The maximum Gasteiger partial charge on any atom is 0.238 e. The van der Waals surface area contributed by atoms with E-state index in [2.05, 4.69) is 22.5 Å². The maximum atomic E-state index is 12.2. The van der Waals surface area contributed by atoms with Crippen molar-refractivity contribution in [1.82, 2.24) is 10.3 Å². The van der Waals surface area contributed by atoms with E-state index >= 15 is 0 Å². The van der Waals surface area contributed by atoms with Crippen LogP contribution in [0.25, 0.3) is 0 Å². The van der Waals surface area contributed by atoms with Crippen LogP contribution >= 0.6 is 0 Å². The highest BCUT2D eigenvalue weighted by Gasteiger charge is 2.30. The molecular formula is C14H21N3O2. The molecule has 1 amide bonds. The molecule has 0 aliphatic carbocycles. The summed E-state index contributed by atoms with van der Waals surface area (Å²) >= 11 is 0. The lowest BCUT2D eigenvalue weighted by atomic mass is 9.97. The molecule has 2 heterocycles. The third kappa shape index (κ3) is 3.44. The van der Waals surface area contributed by atoms with E-state index in [9.17, 15) is 4.79 Å². The van der Waals surface area contributed by atoms with Crippen LogP contribution in [0.5, 0.6) is 5.88 Å². The van der Waals surface area contributed by atoms with Crippen molar-refractivity contribution in [3.63, 3.8) is 0 Å². The van der Waals surface area contributed by atoms with Gasteiger partial charge in [-0.05, 0) is 38.4 Å². The van der Waals surface area contributed by atoms with Gasteiger partial charge in [-0.25, -0.2) is 4.98 Å². The van der Waals surface area contributed by atoms with Gasteiger partial charge >= 0.3 is 0 Å². The van der Waals surface area contributed by atoms with Crippen LogP contribution in [-0.4, -0.2) is 30.1 Å². The first kappa shape index (κ1) is 13.8. The quantitative estimate of drug-likeness (QED) is 0.867. The fraction of sp³-hybridized carbons (Fsp3) is 0.571. The minimum atomic E-state index is 0.00658. The lowest BCUT2D eigenvalue weighted by Gasteiger charge is -2.17. The second-order valence-electron chi connectivity index (χ2n) is 5.25. The number of carbonyl (C=O) groups excluding carboxylic acids is 1. The van der Waals surface area contributed by atoms with E-state index in [0.717, 1.165) is 13.1 Å². The van der Waals surface area contributed by atoms with Gasteiger partial charge in [0.25, 0.3) is 0 Å². The highest BCUT2D eigenvalue weighted by Crippen LogP contribution is 2.24. The number of nitrogens with one attached hydrogen (secondary N) is 2. The normalized spacial score (nSPS) is 22.5. The molecule has 5 heteroatoms. The lowest BCUT2D eigenvalue weighted by molar-refractivity contribution is -0.120. The van der Waals surface area contributed by atoms with E-state index in [0.29, 0.717) is 17.5 Å². The van der Waals surface area contributed by atoms with E-state index in [4.69, 9.17) is 4.74 Å². The number of nitrogens with zero attached hydrogens (tertiary/aromatic N) is 1. The van der Waals surface area contributed by atoms with Crippen LogP contribution < -0.4 is 15.4 Å². The Morgan fingerprint density at radius 1 is 1.53 bits per heavy atom. The first-order chi connectivity index (χ1) is 9.08. The van der Waals surface area contributed by atoms with Gasteiger partial charge in [-0.15, -0.1) is 0 Å². The number of rotatable bonds is 4. The van der Waals surface area contributed by atoms with Crippen LogP contribution in [-0.2, 0) is 4.79 Å². The van der Waals surface area contributed by atoms with Gasteiger partial charge in [0.15, 0.2) is 0 Å². The summed E-state index contributed by atoms with van der Waals surface area (Å²) in [5, 5.41) is 6.15. The second kappa shape index (κ2) is 6.02. The average Bonchev–Trinajstić information content (AvgIpc) is 2.77. The number of aromatic nitrogens is 1. The molecule has 1 saturated heterocycles. The molecule has 2 atom stereocenters. The molecule has 0 saturated carbocycles. The molecule has 19 heavy (non-hydrogen) atoms. The van der Waals surface area contributed by atoms with E-state index in [1.54, 1.807) is 12.3 Å². The topological polar surface area (TPSA) is 63.2 Å². The van der Waals surface area contributed by atoms with Crippen molar-refractivity contribution >= 4 is 11.6 Å². The Bertz CT molecular complexity index is 448. The lowest BCUT2D eigenvalue weighted by Crippen LogP contribution is -2.28. The summed E-state index contributed by atoms with van der Waals surface area (Å²) in [7, 11) is 0. The first-order valence-electron chi connectivity index (χ1n) is 6.71. The third-order valence-corrected chi connectivity index (χ3v) is 3.23. The molecule has 104 valence electrons. The standard InChI is InChI=1S/C14H21N3O2/c1-9(2)19-14-12(5-4-6-16-14)17-13(18)11-8-15-7-10(11)3/h4-6,9-11,15H,7-8H2,1-3H3,(H,17,18). The summed E-state index contributed by atoms with van der Waals surface area (Å²) in [4.78, 5) is 16.4. The highest BCUT2D eigenvalue weighted by atomic mass is 16.5. The molecule has 1 aliphatic heterocycles. The van der Waals surface area contributed by atoms with Crippen molar-refractivity contribution in [2.24, 2.45) is 11.8 Å².